The van der Waals surface area contributed by atoms with Gasteiger partial charge >= 0.3 is 0 Å². The van der Waals surface area contributed by atoms with Gasteiger partial charge in [0.1, 0.15) is 6.61 Å². The molecule has 102 valence electrons. The van der Waals surface area contributed by atoms with Crippen molar-refractivity contribution >= 4 is 11.6 Å². The molecule has 5 heteroatoms. The first-order chi connectivity index (χ1) is 9.04. The zero-order valence-electron chi connectivity index (χ0n) is 11.2. The molecule has 1 aromatic carbocycles. The lowest BCUT2D eigenvalue weighted by Crippen LogP contribution is -2.04. The van der Waals surface area contributed by atoms with Crippen LogP contribution in [0.5, 0.6) is 5.75 Å². The number of hydrogen-bond acceptors (Lipinski definition) is 2. The van der Waals surface area contributed by atoms with Gasteiger partial charge in [-0.1, -0.05) is 30.7 Å². The lowest BCUT2D eigenvalue weighted by molar-refractivity contribution is 0.280. The lowest BCUT2D eigenvalue weighted by atomic mass is 10.2. The number of ether oxygens (including phenoxy) is 1. The molecule has 19 heavy (non-hydrogen) atoms. The maximum absolute atomic E-state index is 13.8. The third-order valence-corrected chi connectivity index (χ3v) is 3.46. The topological polar surface area (TPSA) is 27.1 Å². The molecular weight excluding hydrogens is 267 g/mol. The molecule has 3 nitrogen and oxygen atoms in total. The zero-order chi connectivity index (χ0) is 14.0. The van der Waals surface area contributed by atoms with Gasteiger partial charge in [-0.05, 0) is 25.0 Å². The van der Waals surface area contributed by atoms with Crippen molar-refractivity contribution in [1.29, 1.82) is 0 Å². The molecule has 0 saturated carbocycles. The van der Waals surface area contributed by atoms with E-state index in [-0.39, 0.29) is 18.2 Å². The molecule has 0 aliphatic heterocycles. The average molecular weight is 283 g/mol. The minimum atomic E-state index is -0.337. The van der Waals surface area contributed by atoms with Crippen LogP contribution in [0.2, 0.25) is 5.02 Å². The zero-order valence-corrected chi connectivity index (χ0v) is 12.0. The average Bonchev–Trinajstić information content (AvgIpc) is 2.66. The van der Waals surface area contributed by atoms with Gasteiger partial charge in [0, 0.05) is 7.05 Å². The van der Waals surface area contributed by atoms with Gasteiger partial charge in [0.05, 0.1) is 16.4 Å². The monoisotopic (exact) mass is 282 g/mol. The number of hydrogen-bond donors (Lipinski definition) is 0. The molecular formula is C14H16ClFN2O. The van der Waals surface area contributed by atoms with Gasteiger partial charge in [0.25, 0.3) is 0 Å². The van der Waals surface area contributed by atoms with Crippen LogP contribution in [0.4, 0.5) is 4.39 Å². The SMILES string of the molecule is CCc1nn(C)c(COc2cccc(C)c2F)c1Cl. The summed E-state index contributed by atoms with van der Waals surface area (Å²) in [5.41, 5.74) is 2.13. The second kappa shape index (κ2) is 5.61. The van der Waals surface area contributed by atoms with Gasteiger partial charge in [0.2, 0.25) is 0 Å². The molecule has 0 amide bonds. The van der Waals surface area contributed by atoms with Crippen molar-refractivity contribution in [3.8, 4) is 5.75 Å². The summed E-state index contributed by atoms with van der Waals surface area (Å²) in [5, 5.41) is 4.89. The van der Waals surface area contributed by atoms with Gasteiger partial charge in [-0.3, -0.25) is 4.68 Å². The number of halogens is 2. The Morgan fingerprint density at radius 1 is 1.42 bits per heavy atom. The van der Waals surface area contributed by atoms with Crippen molar-refractivity contribution in [3.63, 3.8) is 0 Å². The van der Waals surface area contributed by atoms with Crippen LogP contribution in [0, 0.1) is 12.7 Å². The molecule has 0 radical (unpaired) electrons. The fourth-order valence-electron chi connectivity index (χ4n) is 1.85. The third-order valence-electron chi connectivity index (χ3n) is 3.02. The molecule has 2 rings (SSSR count). The molecule has 1 heterocycles. The van der Waals surface area contributed by atoms with Crippen molar-refractivity contribution in [2.24, 2.45) is 7.05 Å². The molecule has 2 aromatic rings. The summed E-state index contributed by atoms with van der Waals surface area (Å²) in [5.74, 6) is -0.105. The van der Waals surface area contributed by atoms with Crippen LogP contribution >= 0.6 is 11.6 Å². The first kappa shape index (κ1) is 13.9. The summed E-state index contributed by atoms with van der Waals surface area (Å²) in [4.78, 5) is 0. The van der Waals surface area contributed by atoms with E-state index in [9.17, 15) is 4.39 Å². The number of aryl methyl sites for hydroxylation is 3. The van der Waals surface area contributed by atoms with Crippen LogP contribution in [-0.4, -0.2) is 9.78 Å². The summed E-state index contributed by atoms with van der Waals surface area (Å²) >= 11 is 6.21. The molecule has 0 aliphatic rings. The Kier molecular flexibility index (Phi) is 4.10. The minimum absolute atomic E-state index is 0.197. The summed E-state index contributed by atoms with van der Waals surface area (Å²) in [6, 6.07) is 5.07. The van der Waals surface area contributed by atoms with Crippen LogP contribution in [-0.2, 0) is 20.1 Å². The normalized spacial score (nSPS) is 10.8. The van der Waals surface area contributed by atoms with Crippen molar-refractivity contribution in [2.75, 3.05) is 0 Å². The molecule has 0 aliphatic carbocycles. The molecule has 0 saturated heterocycles. The summed E-state index contributed by atoms with van der Waals surface area (Å²) in [7, 11) is 1.80. The van der Waals surface area contributed by atoms with Crippen molar-refractivity contribution in [1.82, 2.24) is 9.78 Å². The highest BCUT2D eigenvalue weighted by Gasteiger charge is 2.14. The van der Waals surface area contributed by atoms with Crippen molar-refractivity contribution < 1.29 is 9.13 Å². The molecule has 0 fully saturated rings. The van der Waals surface area contributed by atoms with E-state index in [1.165, 1.54) is 0 Å². The summed E-state index contributed by atoms with van der Waals surface area (Å²) < 4.78 is 21.0. The van der Waals surface area contributed by atoms with Crippen LogP contribution in [0.3, 0.4) is 0 Å². The number of benzene rings is 1. The third kappa shape index (κ3) is 2.73. The highest BCUT2D eigenvalue weighted by atomic mass is 35.5. The first-order valence-corrected chi connectivity index (χ1v) is 6.50. The maximum Gasteiger partial charge on any atom is 0.167 e. The molecule has 0 unspecified atom stereocenters. The van der Waals surface area contributed by atoms with E-state index in [4.69, 9.17) is 16.3 Å². The highest BCUT2D eigenvalue weighted by molar-refractivity contribution is 6.31. The summed E-state index contributed by atoms with van der Waals surface area (Å²) in [6.45, 7) is 3.89. The van der Waals surface area contributed by atoms with E-state index in [1.807, 2.05) is 6.92 Å². The highest BCUT2D eigenvalue weighted by Crippen LogP contribution is 2.24. The number of nitrogens with zero attached hydrogens (tertiary/aromatic N) is 2. The van der Waals surface area contributed by atoms with E-state index >= 15 is 0 Å². The number of aromatic nitrogens is 2. The van der Waals surface area contributed by atoms with Crippen LogP contribution < -0.4 is 4.74 Å². The van der Waals surface area contributed by atoms with Gasteiger partial charge < -0.3 is 4.74 Å². The smallest absolute Gasteiger partial charge is 0.167 e. The van der Waals surface area contributed by atoms with E-state index in [1.54, 1.807) is 36.9 Å². The predicted molar refractivity (Wildman–Crippen MR) is 73.1 cm³/mol. The van der Waals surface area contributed by atoms with Gasteiger partial charge in [0.15, 0.2) is 11.6 Å². The largest absolute Gasteiger partial charge is 0.484 e. The van der Waals surface area contributed by atoms with Gasteiger partial charge in [-0.15, -0.1) is 0 Å². The van der Waals surface area contributed by atoms with Crippen molar-refractivity contribution in [2.45, 2.75) is 26.9 Å². The van der Waals surface area contributed by atoms with E-state index in [2.05, 4.69) is 5.10 Å². The Labute approximate surface area is 117 Å². The van der Waals surface area contributed by atoms with Gasteiger partial charge in [-0.25, -0.2) is 4.39 Å². The van der Waals surface area contributed by atoms with E-state index in [0.29, 0.717) is 10.6 Å². The van der Waals surface area contributed by atoms with Gasteiger partial charge in [-0.2, -0.15) is 5.10 Å². The first-order valence-electron chi connectivity index (χ1n) is 6.12. The Balaban J connectivity index is 2.19. The summed E-state index contributed by atoms with van der Waals surface area (Å²) in [6.07, 6.45) is 0.755. The lowest BCUT2D eigenvalue weighted by Gasteiger charge is -2.09. The number of rotatable bonds is 4. The van der Waals surface area contributed by atoms with E-state index < -0.39 is 0 Å². The second-order valence-electron chi connectivity index (χ2n) is 4.36. The maximum atomic E-state index is 13.8. The second-order valence-corrected chi connectivity index (χ2v) is 4.74. The minimum Gasteiger partial charge on any atom is -0.484 e. The van der Waals surface area contributed by atoms with Crippen LogP contribution in [0.25, 0.3) is 0 Å². The van der Waals surface area contributed by atoms with Crippen LogP contribution in [0.1, 0.15) is 23.9 Å². The Morgan fingerprint density at radius 3 is 2.79 bits per heavy atom. The molecule has 0 spiro atoms. The molecule has 0 bridgehead atoms. The quantitative estimate of drug-likeness (QED) is 0.856. The fourth-order valence-corrected chi connectivity index (χ4v) is 2.20. The molecule has 1 aromatic heterocycles. The molecule has 0 atom stereocenters. The standard InChI is InChI=1S/C14H16ClFN2O/c1-4-10-13(15)11(18(3)17-10)8-19-12-7-5-6-9(2)14(12)16/h5-7H,4,8H2,1-3H3. The predicted octanol–water partition coefficient (Wildman–Crippen LogP) is 3.66. The van der Waals surface area contributed by atoms with Crippen LogP contribution in [0.15, 0.2) is 18.2 Å². The molecule has 0 N–H and O–H groups in total. The van der Waals surface area contributed by atoms with Crippen molar-refractivity contribution in [3.05, 3.63) is 46.0 Å². The Morgan fingerprint density at radius 2 is 2.16 bits per heavy atom. The Bertz CT molecular complexity index is 595. The van der Waals surface area contributed by atoms with E-state index in [0.717, 1.165) is 17.8 Å². The fraction of sp³-hybridized carbons (Fsp3) is 0.357. The Hall–Kier alpha value is -1.55.